The van der Waals surface area contributed by atoms with E-state index in [1.54, 1.807) is 0 Å². The standard InChI is InChI=1S/C10H15BrN2O/c1-8-10(11)6-12-13(8)7-9-4-2-3-5-14-9/h6,9H,2-5,7H2,1H3/t9-/m0/s1. The molecule has 1 aromatic heterocycles. The van der Waals surface area contributed by atoms with E-state index in [0.717, 1.165) is 24.0 Å². The summed E-state index contributed by atoms with van der Waals surface area (Å²) < 4.78 is 8.76. The molecule has 4 heteroatoms. The van der Waals surface area contributed by atoms with Crippen LogP contribution in [0.4, 0.5) is 0 Å². The molecule has 2 heterocycles. The minimum Gasteiger partial charge on any atom is -0.376 e. The third-order valence-corrected chi connectivity index (χ3v) is 3.47. The molecule has 0 N–H and O–H groups in total. The largest absolute Gasteiger partial charge is 0.376 e. The first kappa shape index (κ1) is 10.2. The number of hydrogen-bond acceptors (Lipinski definition) is 2. The van der Waals surface area contributed by atoms with Gasteiger partial charge in [0.1, 0.15) is 0 Å². The number of aromatic nitrogens is 2. The van der Waals surface area contributed by atoms with E-state index in [-0.39, 0.29) is 0 Å². The zero-order valence-electron chi connectivity index (χ0n) is 8.37. The maximum absolute atomic E-state index is 5.67. The molecule has 0 spiro atoms. The lowest BCUT2D eigenvalue weighted by Gasteiger charge is -2.22. The molecule has 1 atom stereocenters. The molecule has 2 rings (SSSR count). The fraction of sp³-hybridized carbons (Fsp3) is 0.700. The molecule has 0 amide bonds. The molecule has 1 aliphatic heterocycles. The highest BCUT2D eigenvalue weighted by Gasteiger charge is 2.15. The molecule has 1 fully saturated rings. The van der Waals surface area contributed by atoms with E-state index in [1.165, 1.54) is 18.5 Å². The van der Waals surface area contributed by atoms with Gasteiger partial charge in [-0.1, -0.05) is 0 Å². The van der Waals surface area contributed by atoms with Crippen molar-refractivity contribution in [2.75, 3.05) is 6.61 Å². The Bertz CT molecular complexity index is 305. The van der Waals surface area contributed by atoms with E-state index < -0.39 is 0 Å². The Morgan fingerprint density at radius 2 is 2.50 bits per heavy atom. The average molecular weight is 259 g/mol. The highest BCUT2D eigenvalue weighted by atomic mass is 79.9. The maximum Gasteiger partial charge on any atom is 0.0771 e. The van der Waals surface area contributed by atoms with Crippen LogP contribution in [0.2, 0.25) is 0 Å². The Kier molecular flexibility index (Phi) is 3.23. The molecule has 0 saturated carbocycles. The number of nitrogens with zero attached hydrogens (tertiary/aromatic N) is 2. The summed E-state index contributed by atoms with van der Waals surface area (Å²) in [5.41, 5.74) is 1.18. The third kappa shape index (κ3) is 2.17. The van der Waals surface area contributed by atoms with Crippen LogP contribution in [0, 0.1) is 6.92 Å². The maximum atomic E-state index is 5.67. The van der Waals surface area contributed by atoms with Crippen LogP contribution in [0.25, 0.3) is 0 Å². The number of ether oxygens (including phenoxy) is 1. The molecule has 78 valence electrons. The SMILES string of the molecule is Cc1c(Br)cnn1C[C@@H]1CCCCO1. The normalized spacial score (nSPS) is 22.6. The van der Waals surface area contributed by atoms with Crippen molar-refractivity contribution in [2.24, 2.45) is 0 Å². The first-order valence-corrected chi connectivity index (χ1v) is 5.86. The summed E-state index contributed by atoms with van der Waals surface area (Å²) in [5, 5.41) is 4.30. The quantitative estimate of drug-likeness (QED) is 0.816. The lowest BCUT2D eigenvalue weighted by Crippen LogP contribution is -2.25. The van der Waals surface area contributed by atoms with Gasteiger partial charge in [0.2, 0.25) is 0 Å². The second-order valence-corrected chi connectivity index (χ2v) is 4.60. The van der Waals surface area contributed by atoms with Gasteiger partial charge in [-0.05, 0) is 42.1 Å². The van der Waals surface area contributed by atoms with Crippen molar-refractivity contribution in [3.63, 3.8) is 0 Å². The lowest BCUT2D eigenvalue weighted by atomic mass is 10.1. The molecule has 0 aliphatic carbocycles. The van der Waals surface area contributed by atoms with Crippen LogP contribution in [0.15, 0.2) is 10.7 Å². The molecule has 3 nitrogen and oxygen atoms in total. The summed E-state index contributed by atoms with van der Waals surface area (Å²) >= 11 is 3.46. The summed E-state index contributed by atoms with van der Waals surface area (Å²) in [6.45, 7) is 3.86. The van der Waals surface area contributed by atoms with Crippen molar-refractivity contribution in [1.82, 2.24) is 9.78 Å². The first-order chi connectivity index (χ1) is 6.77. The van der Waals surface area contributed by atoms with Gasteiger partial charge in [0.25, 0.3) is 0 Å². The van der Waals surface area contributed by atoms with Gasteiger partial charge in [0.05, 0.1) is 23.3 Å². The van der Waals surface area contributed by atoms with Crippen molar-refractivity contribution >= 4 is 15.9 Å². The summed E-state index contributed by atoms with van der Waals surface area (Å²) in [4.78, 5) is 0. The molecule has 0 radical (unpaired) electrons. The van der Waals surface area contributed by atoms with Gasteiger partial charge >= 0.3 is 0 Å². The molecule has 0 unspecified atom stereocenters. The van der Waals surface area contributed by atoms with Gasteiger partial charge in [-0.25, -0.2) is 0 Å². The monoisotopic (exact) mass is 258 g/mol. The van der Waals surface area contributed by atoms with Crippen molar-refractivity contribution in [3.8, 4) is 0 Å². The van der Waals surface area contributed by atoms with E-state index in [4.69, 9.17) is 4.74 Å². The molecule has 1 saturated heterocycles. The van der Waals surface area contributed by atoms with Gasteiger partial charge in [-0.3, -0.25) is 4.68 Å². The predicted molar refractivity (Wildman–Crippen MR) is 58.3 cm³/mol. The topological polar surface area (TPSA) is 27.1 Å². The Morgan fingerprint density at radius 3 is 3.07 bits per heavy atom. The fourth-order valence-electron chi connectivity index (χ4n) is 1.75. The van der Waals surface area contributed by atoms with Gasteiger partial charge in [0.15, 0.2) is 0 Å². The van der Waals surface area contributed by atoms with Gasteiger partial charge in [0, 0.05) is 12.3 Å². The number of rotatable bonds is 2. The number of hydrogen-bond donors (Lipinski definition) is 0. The van der Waals surface area contributed by atoms with Gasteiger partial charge in [-0.15, -0.1) is 0 Å². The van der Waals surface area contributed by atoms with Crippen molar-refractivity contribution in [1.29, 1.82) is 0 Å². The second kappa shape index (κ2) is 4.45. The van der Waals surface area contributed by atoms with E-state index in [1.807, 2.05) is 10.9 Å². The van der Waals surface area contributed by atoms with Crippen LogP contribution in [0.1, 0.15) is 25.0 Å². The van der Waals surface area contributed by atoms with Gasteiger partial charge in [-0.2, -0.15) is 5.10 Å². The van der Waals surface area contributed by atoms with Crippen LogP contribution < -0.4 is 0 Å². The average Bonchev–Trinajstić information content (AvgIpc) is 2.52. The summed E-state index contributed by atoms with van der Waals surface area (Å²) in [5.74, 6) is 0. The summed E-state index contributed by atoms with van der Waals surface area (Å²) in [6, 6.07) is 0. The van der Waals surface area contributed by atoms with E-state index in [9.17, 15) is 0 Å². The third-order valence-electron chi connectivity index (χ3n) is 2.69. The summed E-state index contributed by atoms with van der Waals surface area (Å²) in [7, 11) is 0. The van der Waals surface area contributed by atoms with Crippen molar-refractivity contribution in [3.05, 3.63) is 16.4 Å². The Labute approximate surface area is 92.6 Å². The molecule has 1 aliphatic rings. The van der Waals surface area contributed by atoms with E-state index in [0.29, 0.717) is 6.10 Å². The van der Waals surface area contributed by atoms with Crippen LogP contribution in [-0.4, -0.2) is 22.5 Å². The molecule has 14 heavy (non-hydrogen) atoms. The zero-order valence-corrected chi connectivity index (χ0v) is 9.96. The number of halogens is 1. The van der Waals surface area contributed by atoms with Crippen molar-refractivity contribution in [2.45, 2.75) is 38.8 Å². The molecular formula is C10H15BrN2O. The Morgan fingerprint density at radius 1 is 1.64 bits per heavy atom. The lowest BCUT2D eigenvalue weighted by molar-refractivity contribution is 0.00364. The molecule has 0 bridgehead atoms. The first-order valence-electron chi connectivity index (χ1n) is 5.07. The van der Waals surface area contributed by atoms with Gasteiger partial charge < -0.3 is 4.74 Å². The molecular weight excluding hydrogens is 244 g/mol. The predicted octanol–water partition coefficient (Wildman–Crippen LogP) is 2.52. The van der Waals surface area contributed by atoms with Crippen LogP contribution >= 0.6 is 15.9 Å². The smallest absolute Gasteiger partial charge is 0.0771 e. The van der Waals surface area contributed by atoms with E-state index >= 15 is 0 Å². The Balaban J connectivity index is 1.99. The van der Waals surface area contributed by atoms with Crippen LogP contribution in [0.5, 0.6) is 0 Å². The minimum atomic E-state index is 0.356. The highest BCUT2D eigenvalue weighted by molar-refractivity contribution is 9.10. The molecule has 1 aromatic rings. The zero-order chi connectivity index (χ0) is 9.97. The van der Waals surface area contributed by atoms with Crippen LogP contribution in [-0.2, 0) is 11.3 Å². The minimum absolute atomic E-state index is 0.356. The van der Waals surface area contributed by atoms with E-state index in [2.05, 4.69) is 28.0 Å². The Hall–Kier alpha value is -0.350. The fourth-order valence-corrected chi connectivity index (χ4v) is 2.05. The van der Waals surface area contributed by atoms with Crippen molar-refractivity contribution < 1.29 is 4.74 Å². The van der Waals surface area contributed by atoms with Crippen LogP contribution in [0.3, 0.4) is 0 Å². The summed E-state index contributed by atoms with van der Waals surface area (Å²) in [6.07, 6.45) is 5.86. The highest BCUT2D eigenvalue weighted by Crippen LogP contribution is 2.18. The second-order valence-electron chi connectivity index (χ2n) is 3.75. The molecule has 0 aromatic carbocycles.